The van der Waals surface area contributed by atoms with Crippen LogP contribution < -0.4 is 0 Å². The van der Waals surface area contributed by atoms with E-state index < -0.39 is 6.10 Å². The van der Waals surface area contributed by atoms with Crippen molar-refractivity contribution in [1.82, 2.24) is 15.0 Å². The number of aliphatic hydroxyl groups excluding tert-OH is 1. The lowest BCUT2D eigenvalue weighted by atomic mass is 10.1. The molecule has 0 aliphatic carbocycles. The van der Waals surface area contributed by atoms with Crippen LogP contribution in [-0.2, 0) is 7.05 Å². The fourth-order valence-electron chi connectivity index (χ4n) is 1.50. The van der Waals surface area contributed by atoms with E-state index in [9.17, 15) is 5.11 Å². The molecule has 0 fully saturated rings. The molecular formula is C10H8BrCl2N3O. The number of hydrogen-bond donors (Lipinski definition) is 1. The Bertz CT molecular complexity index is 539. The molecule has 1 atom stereocenters. The summed E-state index contributed by atoms with van der Waals surface area (Å²) in [6.07, 6.45) is -0.935. The van der Waals surface area contributed by atoms with Gasteiger partial charge >= 0.3 is 0 Å². The number of aryl methyl sites for hydroxylation is 1. The number of aromatic nitrogens is 3. The summed E-state index contributed by atoms with van der Waals surface area (Å²) in [6.45, 7) is 0. The summed E-state index contributed by atoms with van der Waals surface area (Å²) in [4.78, 5) is 0. The largest absolute Gasteiger partial charge is 0.382 e. The van der Waals surface area contributed by atoms with Gasteiger partial charge < -0.3 is 5.11 Å². The molecule has 0 saturated carbocycles. The summed E-state index contributed by atoms with van der Waals surface area (Å²) in [5.41, 5.74) is 1.04. The molecule has 2 aromatic rings. The second-order valence-electron chi connectivity index (χ2n) is 3.46. The van der Waals surface area contributed by atoms with Gasteiger partial charge in [-0.25, -0.2) is 4.68 Å². The van der Waals surface area contributed by atoms with Gasteiger partial charge in [0.1, 0.15) is 11.8 Å². The molecule has 1 heterocycles. The molecule has 4 nitrogen and oxygen atoms in total. The first kappa shape index (κ1) is 12.8. The molecule has 2 rings (SSSR count). The highest BCUT2D eigenvalue weighted by atomic mass is 79.9. The molecule has 0 aliphatic rings. The first-order chi connectivity index (χ1) is 8.00. The summed E-state index contributed by atoms with van der Waals surface area (Å²) in [5.74, 6) is 0. The van der Waals surface area contributed by atoms with Gasteiger partial charge in [0.05, 0.1) is 0 Å². The van der Waals surface area contributed by atoms with Gasteiger partial charge in [0, 0.05) is 22.7 Å². The van der Waals surface area contributed by atoms with Crippen LogP contribution in [0.3, 0.4) is 0 Å². The van der Waals surface area contributed by atoms with Gasteiger partial charge in [0.2, 0.25) is 0 Å². The van der Waals surface area contributed by atoms with Crippen molar-refractivity contribution in [2.24, 2.45) is 7.05 Å². The smallest absolute Gasteiger partial charge is 0.154 e. The zero-order valence-electron chi connectivity index (χ0n) is 8.73. The van der Waals surface area contributed by atoms with Gasteiger partial charge in [-0.3, -0.25) is 0 Å². The van der Waals surface area contributed by atoms with Crippen LogP contribution in [0.5, 0.6) is 0 Å². The van der Waals surface area contributed by atoms with Crippen molar-refractivity contribution >= 4 is 39.1 Å². The Morgan fingerprint density at radius 1 is 1.41 bits per heavy atom. The molecule has 0 amide bonds. The molecule has 0 spiro atoms. The minimum absolute atomic E-state index is 0.440. The maximum absolute atomic E-state index is 10.3. The number of rotatable bonds is 2. The highest BCUT2D eigenvalue weighted by Crippen LogP contribution is 2.32. The van der Waals surface area contributed by atoms with Gasteiger partial charge in [-0.1, -0.05) is 28.4 Å². The normalized spacial score (nSPS) is 12.8. The summed E-state index contributed by atoms with van der Waals surface area (Å²) in [5, 5.41) is 18.8. The van der Waals surface area contributed by atoms with Crippen LogP contribution in [0.1, 0.15) is 17.4 Å². The van der Waals surface area contributed by atoms with Crippen molar-refractivity contribution in [3.05, 3.63) is 44.1 Å². The summed E-state index contributed by atoms with van der Waals surface area (Å²) in [7, 11) is 1.69. The molecule has 7 heteroatoms. The van der Waals surface area contributed by atoms with Gasteiger partial charge in [0.25, 0.3) is 0 Å². The van der Waals surface area contributed by atoms with E-state index in [1.807, 2.05) is 0 Å². The summed E-state index contributed by atoms with van der Waals surface area (Å²) >= 11 is 15.1. The highest BCUT2D eigenvalue weighted by Gasteiger charge is 2.21. The molecule has 1 aromatic heterocycles. The predicted molar refractivity (Wildman–Crippen MR) is 69.2 cm³/mol. The number of aliphatic hydroxyl groups is 1. The number of halogens is 3. The molecule has 0 saturated heterocycles. The molecule has 0 bridgehead atoms. The lowest BCUT2D eigenvalue weighted by molar-refractivity contribution is 0.209. The Morgan fingerprint density at radius 2 is 2.12 bits per heavy atom. The van der Waals surface area contributed by atoms with Gasteiger partial charge in [-0.15, -0.1) is 5.10 Å². The topological polar surface area (TPSA) is 50.9 Å². The lowest BCUT2D eigenvalue weighted by Crippen LogP contribution is -2.07. The maximum atomic E-state index is 10.3. The monoisotopic (exact) mass is 335 g/mol. The van der Waals surface area contributed by atoms with E-state index >= 15 is 0 Å². The third-order valence-electron chi connectivity index (χ3n) is 2.34. The lowest BCUT2D eigenvalue weighted by Gasteiger charge is -2.13. The molecule has 0 radical (unpaired) electrons. The molecule has 1 N–H and O–H groups in total. The van der Waals surface area contributed by atoms with E-state index in [1.165, 1.54) is 4.68 Å². The van der Waals surface area contributed by atoms with Crippen molar-refractivity contribution in [2.45, 2.75) is 6.10 Å². The third kappa shape index (κ3) is 2.47. The Morgan fingerprint density at radius 3 is 2.71 bits per heavy atom. The second-order valence-corrected chi connectivity index (χ2v) is 5.05. The fourth-order valence-corrected chi connectivity index (χ4v) is 2.45. The zero-order valence-corrected chi connectivity index (χ0v) is 11.8. The van der Waals surface area contributed by atoms with Gasteiger partial charge in [-0.2, -0.15) is 0 Å². The maximum Gasteiger partial charge on any atom is 0.154 e. The van der Waals surface area contributed by atoms with Gasteiger partial charge in [0.15, 0.2) is 4.60 Å². The van der Waals surface area contributed by atoms with E-state index in [0.29, 0.717) is 25.9 Å². The number of benzene rings is 1. The minimum Gasteiger partial charge on any atom is -0.382 e. The molecule has 0 aliphatic heterocycles. The summed E-state index contributed by atoms with van der Waals surface area (Å²) < 4.78 is 1.95. The second kappa shape index (κ2) is 4.94. The Hall–Kier alpha value is -0.620. The Kier molecular flexibility index (Phi) is 3.73. The van der Waals surface area contributed by atoms with Crippen LogP contribution in [-0.4, -0.2) is 20.1 Å². The van der Waals surface area contributed by atoms with Crippen LogP contribution in [0.4, 0.5) is 0 Å². The van der Waals surface area contributed by atoms with Gasteiger partial charge in [-0.05, 0) is 34.1 Å². The first-order valence-corrected chi connectivity index (χ1v) is 6.23. The molecule has 90 valence electrons. The van der Waals surface area contributed by atoms with E-state index in [4.69, 9.17) is 23.2 Å². The van der Waals surface area contributed by atoms with Crippen molar-refractivity contribution < 1.29 is 5.11 Å². The average molecular weight is 337 g/mol. The standard InChI is InChI=1S/C10H8BrCl2N3O/c1-16-8(10(11)14-15-16)9(17)6-4-5(12)2-3-7(6)13/h2-4,9,17H,1H3. The van der Waals surface area contributed by atoms with Crippen LogP contribution in [0.25, 0.3) is 0 Å². The van der Waals surface area contributed by atoms with E-state index in [-0.39, 0.29) is 0 Å². The number of nitrogens with zero attached hydrogens (tertiary/aromatic N) is 3. The van der Waals surface area contributed by atoms with E-state index in [1.54, 1.807) is 25.2 Å². The summed E-state index contributed by atoms with van der Waals surface area (Å²) in [6, 6.07) is 4.92. The molecule has 1 aromatic carbocycles. The van der Waals surface area contributed by atoms with Crippen molar-refractivity contribution in [3.8, 4) is 0 Å². The highest BCUT2D eigenvalue weighted by molar-refractivity contribution is 9.10. The minimum atomic E-state index is -0.935. The van der Waals surface area contributed by atoms with Crippen LogP contribution >= 0.6 is 39.1 Å². The average Bonchev–Trinajstić information content (AvgIpc) is 2.61. The quantitative estimate of drug-likeness (QED) is 0.917. The zero-order chi connectivity index (χ0) is 12.6. The number of hydrogen-bond acceptors (Lipinski definition) is 3. The third-order valence-corrected chi connectivity index (χ3v) is 3.48. The SMILES string of the molecule is Cn1nnc(Br)c1C(O)c1cc(Cl)ccc1Cl. The van der Waals surface area contributed by atoms with E-state index in [0.717, 1.165) is 0 Å². The van der Waals surface area contributed by atoms with Crippen molar-refractivity contribution in [1.29, 1.82) is 0 Å². The predicted octanol–water partition coefficient (Wildman–Crippen LogP) is 2.97. The van der Waals surface area contributed by atoms with Crippen LogP contribution in [0, 0.1) is 0 Å². The van der Waals surface area contributed by atoms with E-state index in [2.05, 4.69) is 26.2 Å². The van der Waals surface area contributed by atoms with Crippen LogP contribution in [0.15, 0.2) is 22.8 Å². The molecule has 17 heavy (non-hydrogen) atoms. The Labute approximate surface area is 116 Å². The van der Waals surface area contributed by atoms with Crippen molar-refractivity contribution in [2.75, 3.05) is 0 Å². The molecular weight excluding hydrogens is 329 g/mol. The van der Waals surface area contributed by atoms with Crippen LogP contribution in [0.2, 0.25) is 10.0 Å². The Balaban J connectivity index is 2.50. The van der Waals surface area contributed by atoms with Crippen molar-refractivity contribution in [3.63, 3.8) is 0 Å². The fraction of sp³-hybridized carbons (Fsp3) is 0.200. The molecule has 1 unspecified atom stereocenters. The first-order valence-electron chi connectivity index (χ1n) is 4.68.